The second-order valence-corrected chi connectivity index (χ2v) is 7.53. The van der Waals surface area contributed by atoms with Crippen LogP contribution in [0.5, 0.6) is 11.5 Å². The standard InChI is InChI=1S/C23H23Cl2NO2/c1-15-4-8-21(16(2)10-15)26-13-17-5-9-22(23(11-17)27-3)28-14-18-6-7-19(24)12-20(18)25/h4-12,26H,13-14H2,1-3H3. The van der Waals surface area contributed by atoms with E-state index in [9.17, 15) is 0 Å². The first-order valence-electron chi connectivity index (χ1n) is 9.01. The molecule has 0 saturated carbocycles. The van der Waals surface area contributed by atoms with Gasteiger partial charge in [-0.1, -0.05) is 53.0 Å². The molecular weight excluding hydrogens is 393 g/mol. The quantitative estimate of drug-likeness (QED) is 0.459. The van der Waals surface area contributed by atoms with E-state index < -0.39 is 0 Å². The molecule has 0 aliphatic rings. The summed E-state index contributed by atoms with van der Waals surface area (Å²) < 4.78 is 11.4. The zero-order valence-corrected chi connectivity index (χ0v) is 17.7. The van der Waals surface area contributed by atoms with Gasteiger partial charge in [0.2, 0.25) is 0 Å². The van der Waals surface area contributed by atoms with Gasteiger partial charge < -0.3 is 14.8 Å². The maximum atomic E-state index is 6.21. The molecule has 0 unspecified atom stereocenters. The van der Waals surface area contributed by atoms with Crippen molar-refractivity contribution < 1.29 is 9.47 Å². The number of anilines is 1. The van der Waals surface area contributed by atoms with Gasteiger partial charge in [-0.25, -0.2) is 0 Å². The lowest BCUT2D eigenvalue weighted by molar-refractivity contribution is 0.284. The Morgan fingerprint density at radius 2 is 1.71 bits per heavy atom. The molecule has 0 saturated heterocycles. The SMILES string of the molecule is COc1cc(CNc2ccc(C)cc2C)ccc1OCc1ccc(Cl)cc1Cl. The molecule has 5 heteroatoms. The van der Waals surface area contributed by atoms with Crippen LogP contribution < -0.4 is 14.8 Å². The molecule has 1 N–H and O–H groups in total. The van der Waals surface area contributed by atoms with Crippen molar-refractivity contribution in [2.75, 3.05) is 12.4 Å². The summed E-state index contributed by atoms with van der Waals surface area (Å²) in [6, 6.07) is 17.7. The highest BCUT2D eigenvalue weighted by atomic mass is 35.5. The summed E-state index contributed by atoms with van der Waals surface area (Å²) in [5, 5.41) is 4.66. The molecule has 0 aromatic heterocycles. The molecule has 0 spiro atoms. The Hall–Kier alpha value is -2.36. The van der Waals surface area contributed by atoms with E-state index in [1.165, 1.54) is 11.1 Å². The van der Waals surface area contributed by atoms with Gasteiger partial charge in [0.15, 0.2) is 11.5 Å². The summed E-state index contributed by atoms with van der Waals surface area (Å²) in [5.41, 5.74) is 5.59. The van der Waals surface area contributed by atoms with Gasteiger partial charge in [0.05, 0.1) is 7.11 Å². The van der Waals surface area contributed by atoms with E-state index in [-0.39, 0.29) is 0 Å². The lowest BCUT2D eigenvalue weighted by Crippen LogP contribution is -2.03. The molecule has 146 valence electrons. The van der Waals surface area contributed by atoms with Crippen LogP contribution in [0.25, 0.3) is 0 Å². The minimum absolute atomic E-state index is 0.340. The highest BCUT2D eigenvalue weighted by molar-refractivity contribution is 6.35. The molecule has 0 aliphatic carbocycles. The number of halogens is 2. The fourth-order valence-electron chi connectivity index (χ4n) is 2.94. The predicted octanol–water partition coefficient (Wildman–Crippen LogP) is 6.81. The third-order valence-electron chi connectivity index (χ3n) is 4.49. The predicted molar refractivity (Wildman–Crippen MR) is 117 cm³/mol. The van der Waals surface area contributed by atoms with Gasteiger partial charge in [-0.15, -0.1) is 0 Å². The van der Waals surface area contributed by atoms with Crippen LogP contribution in [0.4, 0.5) is 5.69 Å². The lowest BCUT2D eigenvalue weighted by atomic mass is 10.1. The first-order valence-corrected chi connectivity index (χ1v) is 9.76. The third-order valence-corrected chi connectivity index (χ3v) is 5.08. The molecule has 28 heavy (non-hydrogen) atoms. The lowest BCUT2D eigenvalue weighted by Gasteiger charge is -2.14. The smallest absolute Gasteiger partial charge is 0.161 e. The number of nitrogens with one attached hydrogen (secondary N) is 1. The Morgan fingerprint density at radius 3 is 2.43 bits per heavy atom. The second-order valence-electron chi connectivity index (χ2n) is 6.68. The summed E-state index contributed by atoms with van der Waals surface area (Å²) in [4.78, 5) is 0. The number of methoxy groups -OCH3 is 1. The highest BCUT2D eigenvalue weighted by Crippen LogP contribution is 2.30. The minimum atomic E-state index is 0.340. The van der Waals surface area contributed by atoms with Gasteiger partial charge in [0.1, 0.15) is 6.61 Å². The third kappa shape index (κ3) is 5.12. The number of hydrogen-bond acceptors (Lipinski definition) is 3. The zero-order chi connectivity index (χ0) is 20.1. The summed E-state index contributed by atoms with van der Waals surface area (Å²) in [6.07, 6.45) is 0. The van der Waals surface area contributed by atoms with Crippen molar-refractivity contribution in [1.82, 2.24) is 0 Å². The van der Waals surface area contributed by atoms with E-state index in [1.807, 2.05) is 24.3 Å². The van der Waals surface area contributed by atoms with Crippen LogP contribution >= 0.6 is 23.2 Å². The average Bonchev–Trinajstić information content (AvgIpc) is 2.67. The van der Waals surface area contributed by atoms with Gasteiger partial charge in [0.25, 0.3) is 0 Å². The van der Waals surface area contributed by atoms with Crippen molar-refractivity contribution >= 4 is 28.9 Å². The van der Waals surface area contributed by atoms with Crippen molar-refractivity contribution in [2.45, 2.75) is 27.0 Å². The second kappa shape index (κ2) is 9.22. The number of aryl methyl sites for hydroxylation is 2. The Balaban J connectivity index is 1.67. The van der Waals surface area contributed by atoms with Gasteiger partial charge in [-0.05, 0) is 55.3 Å². The molecule has 0 fully saturated rings. The highest BCUT2D eigenvalue weighted by Gasteiger charge is 2.09. The molecular formula is C23H23Cl2NO2. The molecule has 3 rings (SSSR count). The van der Waals surface area contributed by atoms with Crippen molar-refractivity contribution in [3.8, 4) is 11.5 Å². The van der Waals surface area contributed by atoms with Crippen molar-refractivity contribution in [3.05, 3.63) is 86.9 Å². The van der Waals surface area contributed by atoms with E-state index in [2.05, 4.69) is 37.4 Å². The van der Waals surface area contributed by atoms with Crippen LogP contribution in [-0.2, 0) is 13.2 Å². The normalized spacial score (nSPS) is 10.6. The summed E-state index contributed by atoms with van der Waals surface area (Å²) in [5.74, 6) is 1.36. The van der Waals surface area contributed by atoms with Crippen LogP contribution in [0.15, 0.2) is 54.6 Å². The Morgan fingerprint density at radius 1 is 0.893 bits per heavy atom. The molecule has 3 aromatic carbocycles. The molecule has 0 heterocycles. The Kier molecular flexibility index (Phi) is 6.71. The Labute approximate surface area is 176 Å². The molecule has 0 radical (unpaired) electrons. The molecule has 0 aliphatic heterocycles. The first kappa shape index (κ1) is 20.4. The van der Waals surface area contributed by atoms with Gasteiger partial charge in [0, 0.05) is 27.8 Å². The van der Waals surface area contributed by atoms with Crippen LogP contribution in [0.3, 0.4) is 0 Å². The topological polar surface area (TPSA) is 30.5 Å². The van der Waals surface area contributed by atoms with Crippen LogP contribution in [0.1, 0.15) is 22.3 Å². The number of benzene rings is 3. The number of hydrogen-bond donors (Lipinski definition) is 1. The van der Waals surface area contributed by atoms with E-state index in [0.29, 0.717) is 34.7 Å². The monoisotopic (exact) mass is 415 g/mol. The van der Waals surface area contributed by atoms with Gasteiger partial charge >= 0.3 is 0 Å². The van der Waals surface area contributed by atoms with E-state index in [4.69, 9.17) is 32.7 Å². The maximum Gasteiger partial charge on any atom is 0.161 e. The number of rotatable bonds is 7. The summed E-state index contributed by atoms with van der Waals surface area (Å²) >= 11 is 12.2. The largest absolute Gasteiger partial charge is 0.493 e. The van der Waals surface area contributed by atoms with Gasteiger partial charge in [-0.3, -0.25) is 0 Å². The average molecular weight is 416 g/mol. The van der Waals surface area contributed by atoms with Crippen LogP contribution in [0.2, 0.25) is 10.0 Å². The van der Waals surface area contributed by atoms with Crippen molar-refractivity contribution in [2.24, 2.45) is 0 Å². The maximum absolute atomic E-state index is 6.21. The molecule has 0 atom stereocenters. The summed E-state index contributed by atoms with van der Waals surface area (Å²) in [7, 11) is 1.64. The van der Waals surface area contributed by atoms with Crippen LogP contribution in [0, 0.1) is 13.8 Å². The van der Waals surface area contributed by atoms with E-state index in [1.54, 1.807) is 19.2 Å². The molecule has 3 aromatic rings. The first-order chi connectivity index (χ1) is 13.5. The fourth-order valence-corrected chi connectivity index (χ4v) is 3.41. The molecule has 0 bridgehead atoms. The fraction of sp³-hybridized carbons (Fsp3) is 0.217. The number of ether oxygens (including phenoxy) is 2. The minimum Gasteiger partial charge on any atom is -0.493 e. The van der Waals surface area contributed by atoms with E-state index in [0.717, 1.165) is 16.8 Å². The molecule has 0 amide bonds. The summed E-state index contributed by atoms with van der Waals surface area (Å²) in [6.45, 7) is 5.24. The molecule has 3 nitrogen and oxygen atoms in total. The van der Waals surface area contributed by atoms with Crippen molar-refractivity contribution in [3.63, 3.8) is 0 Å². The van der Waals surface area contributed by atoms with Crippen molar-refractivity contribution in [1.29, 1.82) is 0 Å². The zero-order valence-electron chi connectivity index (χ0n) is 16.2. The van der Waals surface area contributed by atoms with Gasteiger partial charge in [-0.2, -0.15) is 0 Å². The van der Waals surface area contributed by atoms with Crippen LogP contribution in [-0.4, -0.2) is 7.11 Å². The Bertz CT molecular complexity index is 973. The van der Waals surface area contributed by atoms with E-state index >= 15 is 0 Å².